The number of amides is 1. The van der Waals surface area contributed by atoms with Crippen LogP contribution in [-0.2, 0) is 15.8 Å². The largest absolute Gasteiger partial charge is 0.478 e. The van der Waals surface area contributed by atoms with Crippen LogP contribution in [0.1, 0.15) is 19.4 Å². The van der Waals surface area contributed by atoms with Gasteiger partial charge in [-0.15, -0.1) is 0 Å². The van der Waals surface area contributed by atoms with Gasteiger partial charge in [-0.05, 0) is 32.0 Å². The van der Waals surface area contributed by atoms with Crippen LogP contribution in [0.3, 0.4) is 0 Å². The molecule has 0 saturated carbocycles. The Morgan fingerprint density at radius 3 is 2.24 bits per heavy atom. The van der Waals surface area contributed by atoms with E-state index in [1.54, 1.807) is 0 Å². The van der Waals surface area contributed by atoms with Gasteiger partial charge in [0, 0.05) is 21.3 Å². The summed E-state index contributed by atoms with van der Waals surface area (Å²) in [6.45, 7) is 2.52. The van der Waals surface area contributed by atoms with Crippen molar-refractivity contribution in [1.29, 1.82) is 0 Å². The van der Waals surface area contributed by atoms with E-state index in [9.17, 15) is 22.8 Å². The molecule has 0 saturated heterocycles. The number of anilines is 1. The van der Waals surface area contributed by atoms with E-state index >= 15 is 0 Å². The average molecular weight is 366 g/mol. The van der Waals surface area contributed by atoms with Crippen LogP contribution in [0.15, 0.2) is 33.8 Å². The van der Waals surface area contributed by atoms with Crippen LogP contribution < -0.4 is 5.32 Å². The van der Waals surface area contributed by atoms with E-state index in [1.807, 2.05) is 0 Å². The van der Waals surface area contributed by atoms with Gasteiger partial charge in [0.05, 0.1) is 5.56 Å². The van der Waals surface area contributed by atoms with E-state index < -0.39 is 23.6 Å². The molecule has 8 heteroatoms. The van der Waals surface area contributed by atoms with Gasteiger partial charge in [0.25, 0.3) is 5.91 Å². The van der Waals surface area contributed by atoms with Gasteiger partial charge in [-0.2, -0.15) is 13.2 Å². The fourth-order valence-corrected chi connectivity index (χ4v) is 1.85. The first kappa shape index (κ1) is 17.2. The zero-order valence-corrected chi connectivity index (χ0v) is 12.6. The standard InChI is InChI=1S/C13H11BrF3NO3/c1-6(7(2)12(20)21)11(19)18-8-3-4-10(14)9(5-8)13(15,16)17/h3-5H,1-2H3,(H,18,19)(H,20,21). The number of hydrogen-bond donors (Lipinski definition) is 2. The lowest BCUT2D eigenvalue weighted by Gasteiger charge is -2.12. The van der Waals surface area contributed by atoms with Crippen LogP contribution >= 0.6 is 15.9 Å². The third kappa shape index (κ3) is 4.32. The van der Waals surface area contributed by atoms with E-state index in [-0.39, 0.29) is 21.3 Å². The number of rotatable bonds is 3. The number of benzene rings is 1. The Labute approximate surface area is 126 Å². The number of carbonyl (C=O) groups excluding carboxylic acids is 1. The lowest BCUT2D eigenvalue weighted by molar-refractivity contribution is -0.138. The van der Waals surface area contributed by atoms with Crippen molar-refractivity contribution in [3.63, 3.8) is 0 Å². The molecule has 1 aromatic rings. The highest BCUT2D eigenvalue weighted by Crippen LogP contribution is 2.36. The lowest BCUT2D eigenvalue weighted by atomic mass is 10.1. The number of carboxylic acid groups (broad SMARTS) is 1. The zero-order chi connectivity index (χ0) is 16.4. The van der Waals surface area contributed by atoms with Crippen LogP contribution in [0.5, 0.6) is 0 Å². The van der Waals surface area contributed by atoms with Crippen LogP contribution in [-0.4, -0.2) is 17.0 Å². The Morgan fingerprint density at radius 2 is 1.76 bits per heavy atom. The first-order chi connectivity index (χ1) is 9.54. The Hall–Kier alpha value is -1.83. The SMILES string of the molecule is CC(C(=O)O)=C(C)C(=O)Nc1ccc(Br)c(C(F)(F)F)c1. The smallest absolute Gasteiger partial charge is 0.417 e. The van der Waals surface area contributed by atoms with Gasteiger partial charge in [-0.25, -0.2) is 4.79 Å². The quantitative estimate of drug-likeness (QED) is 0.800. The number of halogens is 4. The Kier molecular flexibility index (Phi) is 5.16. The molecule has 114 valence electrons. The van der Waals surface area contributed by atoms with Crippen LogP contribution in [0.25, 0.3) is 0 Å². The Morgan fingerprint density at radius 1 is 1.19 bits per heavy atom. The highest BCUT2D eigenvalue weighted by Gasteiger charge is 2.33. The lowest BCUT2D eigenvalue weighted by Crippen LogP contribution is -2.17. The summed E-state index contributed by atoms with van der Waals surface area (Å²) in [7, 11) is 0. The number of carbonyl (C=O) groups is 2. The molecule has 0 unspecified atom stereocenters. The maximum atomic E-state index is 12.7. The summed E-state index contributed by atoms with van der Waals surface area (Å²) in [5.74, 6) is -2.04. The average Bonchev–Trinajstić information content (AvgIpc) is 2.37. The van der Waals surface area contributed by atoms with E-state index in [4.69, 9.17) is 5.11 Å². The highest BCUT2D eigenvalue weighted by atomic mass is 79.9. The molecule has 0 aliphatic heterocycles. The molecule has 0 fully saturated rings. The number of carboxylic acids is 1. The summed E-state index contributed by atoms with van der Waals surface area (Å²) >= 11 is 2.78. The molecule has 0 spiro atoms. The first-order valence-corrected chi connectivity index (χ1v) is 6.42. The number of nitrogens with one attached hydrogen (secondary N) is 1. The van der Waals surface area contributed by atoms with Gasteiger partial charge in [-0.1, -0.05) is 15.9 Å². The molecule has 4 nitrogen and oxygen atoms in total. The van der Waals surface area contributed by atoms with Crippen molar-refractivity contribution in [1.82, 2.24) is 0 Å². The van der Waals surface area contributed by atoms with Crippen molar-refractivity contribution in [3.8, 4) is 0 Å². The van der Waals surface area contributed by atoms with Crippen molar-refractivity contribution in [3.05, 3.63) is 39.4 Å². The molecule has 21 heavy (non-hydrogen) atoms. The summed E-state index contributed by atoms with van der Waals surface area (Å²) in [4.78, 5) is 22.5. The molecule has 1 aromatic carbocycles. The fraction of sp³-hybridized carbons (Fsp3) is 0.231. The van der Waals surface area contributed by atoms with E-state index in [2.05, 4.69) is 21.2 Å². The molecule has 0 radical (unpaired) electrons. The summed E-state index contributed by atoms with van der Waals surface area (Å²) in [6, 6.07) is 3.20. The van der Waals surface area contributed by atoms with Gasteiger partial charge in [0.2, 0.25) is 0 Å². The predicted molar refractivity (Wildman–Crippen MR) is 73.8 cm³/mol. The summed E-state index contributed by atoms with van der Waals surface area (Å²) in [5, 5.41) is 11.0. The maximum absolute atomic E-state index is 12.7. The van der Waals surface area contributed by atoms with Gasteiger partial charge in [0.15, 0.2) is 0 Å². The Bertz CT molecular complexity index is 624. The molecular formula is C13H11BrF3NO3. The number of alkyl halides is 3. The third-order valence-corrected chi connectivity index (χ3v) is 3.45. The second-order valence-electron chi connectivity index (χ2n) is 4.20. The first-order valence-electron chi connectivity index (χ1n) is 5.63. The molecule has 0 heterocycles. The minimum absolute atomic E-state index is 0.0759. The van der Waals surface area contributed by atoms with Crippen molar-refractivity contribution in [2.24, 2.45) is 0 Å². The van der Waals surface area contributed by atoms with Gasteiger partial charge in [-0.3, -0.25) is 4.79 Å². The van der Waals surface area contributed by atoms with E-state index in [0.717, 1.165) is 12.1 Å². The zero-order valence-electron chi connectivity index (χ0n) is 11.0. The normalized spacial score (nSPS) is 12.7. The minimum atomic E-state index is -4.57. The van der Waals surface area contributed by atoms with Crippen molar-refractivity contribution in [2.45, 2.75) is 20.0 Å². The van der Waals surface area contributed by atoms with E-state index in [0.29, 0.717) is 0 Å². The van der Waals surface area contributed by atoms with Gasteiger partial charge >= 0.3 is 12.1 Å². The molecule has 0 aliphatic carbocycles. The summed E-state index contributed by atoms with van der Waals surface area (Å²) in [5.41, 5.74) is -1.27. The second kappa shape index (κ2) is 6.30. The van der Waals surface area contributed by atoms with Gasteiger partial charge < -0.3 is 10.4 Å². The van der Waals surface area contributed by atoms with Gasteiger partial charge in [0.1, 0.15) is 0 Å². The molecular weight excluding hydrogens is 355 g/mol. The highest BCUT2D eigenvalue weighted by molar-refractivity contribution is 9.10. The number of hydrogen-bond acceptors (Lipinski definition) is 2. The summed E-state index contributed by atoms with van der Waals surface area (Å²) < 4.78 is 38.0. The monoisotopic (exact) mass is 365 g/mol. The molecule has 0 aliphatic rings. The summed E-state index contributed by atoms with van der Waals surface area (Å²) in [6.07, 6.45) is -4.57. The van der Waals surface area contributed by atoms with Crippen molar-refractivity contribution >= 4 is 33.5 Å². The fourth-order valence-electron chi connectivity index (χ4n) is 1.38. The maximum Gasteiger partial charge on any atom is 0.417 e. The van der Waals surface area contributed by atoms with Crippen LogP contribution in [0.4, 0.5) is 18.9 Å². The van der Waals surface area contributed by atoms with Crippen LogP contribution in [0.2, 0.25) is 0 Å². The second-order valence-corrected chi connectivity index (χ2v) is 5.06. The van der Waals surface area contributed by atoms with Crippen molar-refractivity contribution in [2.75, 3.05) is 5.32 Å². The van der Waals surface area contributed by atoms with Crippen molar-refractivity contribution < 1.29 is 27.9 Å². The molecule has 2 N–H and O–H groups in total. The minimum Gasteiger partial charge on any atom is -0.478 e. The molecule has 0 bridgehead atoms. The molecule has 1 amide bonds. The van der Waals surface area contributed by atoms with E-state index in [1.165, 1.54) is 19.9 Å². The Balaban J connectivity index is 3.08. The number of aliphatic carboxylic acids is 1. The predicted octanol–water partition coefficient (Wildman–Crippen LogP) is 3.83. The molecule has 1 rings (SSSR count). The molecule has 0 atom stereocenters. The topological polar surface area (TPSA) is 66.4 Å². The third-order valence-electron chi connectivity index (χ3n) is 2.75. The van der Waals surface area contributed by atoms with Crippen LogP contribution in [0, 0.1) is 0 Å². The molecule has 0 aromatic heterocycles.